The number of amides is 1. The first kappa shape index (κ1) is 34.2. The smallest absolute Gasteiger partial charge is 0.221 e. The minimum atomic E-state index is -2.10. The molecule has 2 aromatic heterocycles. The molecule has 2 N–H and O–H groups in total. The molecule has 4 aromatic rings. The van der Waals surface area contributed by atoms with Crippen LogP contribution in [0.5, 0.6) is 0 Å². The van der Waals surface area contributed by atoms with Gasteiger partial charge in [0, 0.05) is 18.7 Å². The molecule has 0 saturated carbocycles. The number of carbonyl (C=O) groups is 1. The van der Waals surface area contributed by atoms with Gasteiger partial charge in [-0.1, -0.05) is 71.9 Å². The molecule has 10 nitrogen and oxygen atoms in total. The highest BCUT2D eigenvalue weighted by Gasteiger charge is 2.47. The van der Waals surface area contributed by atoms with Crippen molar-refractivity contribution in [3.63, 3.8) is 0 Å². The van der Waals surface area contributed by atoms with Crippen LogP contribution in [0.1, 0.15) is 61.1 Å². The number of rotatable bonds is 9. The second kappa shape index (κ2) is 12.5. The maximum atomic E-state index is 12.1. The van der Waals surface area contributed by atoms with Crippen LogP contribution in [-0.4, -0.2) is 60.9 Å². The van der Waals surface area contributed by atoms with Crippen LogP contribution >= 0.6 is 0 Å². The van der Waals surface area contributed by atoms with Crippen LogP contribution in [0.3, 0.4) is 0 Å². The monoisotopic (exact) mass is 662 g/mol. The summed E-state index contributed by atoms with van der Waals surface area (Å²) < 4.78 is 22.4. The molecular formula is C34H50N6O4Si2. The van der Waals surface area contributed by atoms with E-state index in [0.717, 1.165) is 16.5 Å². The van der Waals surface area contributed by atoms with Crippen molar-refractivity contribution in [2.75, 3.05) is 17.2 Å². The lowest BCUT2D eigenvalue weighted by molar-refractivity contribution is -0.114. The Morgan fingerprint density at radius 2 is 1.67 bits per heavy atom. The van der Waals surface area contributed by atoms with Crippen molar-refractivity contribution in [2.24, 2.45) is 0 Å². The Balaban J connectivity index is 1.47. The first-order valence-corrected chi connectivity index (χ1v) is 21.9. The number of nitrogens with one attached hydrogen (secondary N) is 2. The Kier molecular flexibility index (Phi) is 9.25. The van der Waals surface area contributed by atoms with E-state index in [9.17, 15) is 4.79 Å². The number of fused-ring (bicyclic) bond motifs is 2. The number of aromatic nitrogens is 4. The summed E-state index contributed by atoms with van der Waals surface area (Å²) in [5.74, 6) is 0.381. The summed E-state index contributed by atoms with van der Waals surface area (Å²) in [6, 6.07) is 11.9. The van der Waals surface area contributed by atoms with Gasteiger partial charge in [-0.2, -0.15) is 0 Å². The van der Waals surface area contributed by atoms with E-state index in [1.807, 2.05) is 41.0 Å². The molecule has 2 aromatic carbocycles. The van der Waals surface area contributed by atoms with Crippen molar-refractivity contribution in [1.82, 2.24) is 19.5 Å². The third-order valence-corrected chi connectivity index (χ3v) is 19.0. The predicted molar refractivity (Wildman–Crippen MR) is 191 cm³/mol. The number of benzene rings is 2. The Morgan fingerprint density at radius 1 is 0.978 bits per heavy atom. The van der Waals surface area contributed by atoms with Crippen molar-refractivity contribution in [1.29, 1.82) is 0 Å². The number of nitrogens with zero attached hydrogens (tertiary/aromatic N) is 4. The Morgan fingerprint density at radius 3 is 2.35 bits per heavy atom. The zero-order chi connectivity index (χ0) is 33.7. The molecule has 0 bridgehead atoms. The summed E-state index contributed by atoms with van der Waals surface area (Å²) in [5.41, 5.74) is 2.66. The van der Waals surface area contributed by atoms with Gasteiger partial charge < -0.3 is 24.2 Å². The van der Waals surface area contributed by atoms with Crippen LogP contribution in [0.15, 0.2) is 49.1 Å². The molecule has 3 atom stereocenters. The maximum Gasteiger partial charge on any atom is 0.221 e. The molecule has 1 saturated heterocycles. The van der Waals surface area contributed by atoms with Gasteiger partial charge in [-0.05, 0) is 47.7 Å². The zero-order valence-corrected chi connectivity index (χ0v) is 31.2. The molecule has 1 fully saturated rings. The third kappa shape index (κ3) is 6.91. The molecule has 46 heavy (non-hydrogen) atoms. The summed E-state index contributed by atoms with van der Waals surface area (Å²) in [6.45, 7) is 24.6. The number of anilines is 3. The molecule has 5 rings (SSSR count). The zero-order valence-electron chi connectivity index (χ0n) is 29.2. The fourth-order valence-corrected chi connectivity index (χ4v) is 7.55. The fraction of sp³-hybridized carbons (Fsp3) is 0.529. The molecule has 3 heterocycles. The van der Waals surface area contributed by atoms with Crippen molar-refractivity contribution < 1.29 is 18.4 Å². The Labute approximate surface area is 274 Å². The van der Waals surface area contributed by atoms with Gasteiger partial charge in [-0.15, -0.1) is 0 Å². The van der Waals surface area contributed by atoms with Crippen LogP contribution in [0.2, 0.25) is 36.3 Å². The van der Waals surface area contributed by atoms with Gasteiger partial charge in [0.2, 0.25) is 5.91 Å². The first-order valence-electron chi connectivity index (χ1n) is 16.1. The third-order valence-electron chi connectivity index (χ3n) is 10.00. The second-order valence-electron chi connectivity index (χ2n) is 15.4. The summed E-state index contributed by atoms with van der Waals surface area (Å²) in [6.07, 6.45) is 3.29. The number of ether oxygens (including phenoxy) is 1. The van der Waals surface area contributed by atoms with Crippen LogP contribution in [0.4, 0.5) is 17.2 Å². The molecule has 1 amide bonds. The van der Waals surface area contributed by atoms with E-state index in [2.05, 4.69) is 88.3 Å². The van der Waals surface area contributed by atoms with E-state index in [1.54, 1.807) is 6.33 Å². The van der Waals surface area contributed by atoms with Crippen molar-refractivity contribution >= 4 is 61.7 Å². The lowest BCUT2D eigenvalue weighted by Gasteiger charge is -2.40. The minimum Gasteiger partial charge on any atom is -0.414 e. The number of hydrogen-bond donors (Lipinski definition) is 2. The molecule has 0 unspecified atom stereocenters. The second-order valence-corrected chi connectivity index (χ2v) is 25.0. The van der Waals surface area contributed by atoms with Gasteiger partial charge in [-0.3, -0.25) is 9.36 Å². The Bertz CT molecular complexity index is 1730. The number of carbonyl (C=O) groups excluding carboxylic acids is 1. The quantitative estimate of drug-likeness (QED) is 0.172. The van der Waals surface area contributed by atoms with Crippen LogP contribution in [-0.2, 0) is 18.4 Å². The molecule has 0 radical (unpaired) electrons. The Hall–Kier alpha value is -3.17. The van der Waals surface area contributed by atoms with Crippen LogP contribution < -0.4 is 10.6 Å². The normalized spacial score (nSPS) is 19.6. The molecule has 0 aliphatic carbocycles. The molecule has 12 heteroatoms. The lowest BCUT2D eigenvalue weighted by atomic mass is 10.1. The highest BCUT2D eigenvalue weighted by Crippen LogP contribution is 2.43. The van der Waals surface area contributed by atoms with Crippen molar-refractivity contribution in [3.8, 4) is 0 Å². The van der Waals surface area contributed by atoms with Gasteiger partial charge in [-0.25, -0.2) is 15.0 Å². The predicted octanol–water partition coefficient (Wildman–Crippen LogP) is 8.38. The first-order chi connectivity index (χ1) is 21.4. The maximum absolute atomic E-state index is 12.1. The standard InChI is InChI=1S/C34H50N6O4Si2/c1-22(41)38-25-17-16-23-14-12-13-15-24(23)29(25)39-31-30-32(36-20-35-31)40(21-37-30)28-18-26(44-46(10,11)34(5,6)7)27(43-28)19-42-45(8,9)33(2,3)4/h12-17,20-21,26-28H,18-19H2,1-11H3,(H,38,41)(H,35,36,39)/t26-,27+,28+/m0/s1. The van der Waals surface area contributed by atoms with Crippen molar-refractivity contribution in [2.45, 2.75) is 110 Å². The van der Waals surface area contributed by atoms with E-state index in [4.69, 9.17) is 18.6 Å². The highest BCUT2D eigenvalue weighted by molar-refractivity contribution is 6.74. The highest BCUT2D eigenvalue weighted by atomic mass is 28.4. The average molecular weight is 663 g/mol. The van der Waals surface area contributed by atoms with Gasteiger partial charge in [0.05, 0.1) is 30.4 Å². The van der Waals surface area contributed by atoms with Gasteiger partial charge in [0.1, 0.15) is 18.7 Å². The summed E-state index contributed by atoms with van der Waals surface area (Å²) in [5, 5.41) is 8.55. The average Bonchev–Trinajstić information content (AvgIpc) is 3.56. The fourth-order valence-electron chi connectivity index (χ4n) is 5.18. The van der Waals surface area contributed by atoms with E-state index < -0.39 is 16.6 Å². The summed E-state index contributed by atoms with van der Waals surface area (Å²) >= 11 is 0. The summed E-state index contributed by atoms with van der Waals surface area (Å²) in [4.78, 5) is 26.0. The molecular weight excluding hydrogens is 613 g/mol. The topological polar surface area (TPSA) is 112 Å². The number of imidazole rings is 1. The van der Waals surface area contributed by atoms with Crippen LogP contribution in [0.25, 0.3) is 21.9 Å². The summed E-state index contributed by atoms with van der Waals surface area (Å²) in [7, 11) is -4.11. The van der Waals surface area contributed by atoms with Gasteiger partial charge in [0.15, 0.2) is 33.6 Å². The van der Waals surface area contributed by atoms with E-state index in [-0.39, 0.29) is 34.4 Å². The van der Waals surface area contributed by atoms with Crippen molar-refractivity contribution in [3.05, 3.63) is 49.1 Å². The van der Waals surface area contributed by atoms with Crippen LogP contribution in [0, 0.1) is 0 Å². The van der Waals surface area contributed by atoms with E-state index in [1.165, 1.54) is 13.3 Å². The minimum absolute atomic E-state index is 0.0587. The largest absolute Gasteiger partial charge is 0.414 e. The molecule has 248 valence electrons. The molecule has 1 aliphatic rings. The van der Waals surface area contributed by atoms with E-state index in [0.29, 0.717) is 35.7 Å². The van der Waals surface area contributed by atoms with Gasteiger partial charge in [0.25, 0.3) is 0 Å². The number of hydrogen-bond acceptors (Lipinski definition) is 8. The van der Waals surface area contributed by atoms with E-state index >= 15 is 0 Å². The SMILES string of the molecule is CC(=O)Nc1ccc2ccccc2c1Nc1ncnc2c1ncn2[C@H]1C[C@H](O[Si](C)(C)C(C)(C)C)[C@@H](CO[Si](C)(C)C(C)(C)C)O1. The van der Waals surface area contributed by atoms with Gasteiger partial charge >= 0.3 is 0 Å². The lowest BCUT2D eigenvalue weighted by Crippen LogP contribution is -2.48. The molecule has 0 spiro atoms. The molecule has 1 aliphatic heterocycles.